The second-order valence-corrected chi connectivity index (χ2v) is 8.99. The molecule has 0 radical (unpaired) electrons. The lowest BCUT2D eigenvalue weighted by Crippen LogP contribution is -2.45. The molecule has 32 heavy (non-hydrogen) atoms. The molecule has 7 heteroatoms. The molecule has 2 saturated heterocycles. The van der Waals surface area contributed by atoms with Gasteiger partial charge in [-0.2, -0.15) is 0 Å². The third-order valence-electron chi connectivity index (χ3n) is 6.40. The average Bonchev–Trinajstić information content (AvgIpc) is 3.19. The number of anilines is 2. The van der Waals surface area contributed by atoms with Crippen LogP contribution in [-0.4, -0.2) is 78.6 Å². The summed E-state index contributed by atoms with van der Waals surface area (Å²) in [4.78, 5) is 16.6. The summed E-state index contributed by atoms with van der Waals surface area (Å²) in [5.41, 5.74) is 2.26. The zero-order chi connectivity index (χ0) is 22.0. The first kappa shape index (κ1) is 21.1. The Kier molecular flexibility index (Phi) is 5.95. The van der Waals surface area contributed by atoms with Crippen LogP contribution in [0.3, 0.4) is 0 Å². The molecule has 2 fully saturated rings. The first-order chi connectivity index (χ1) is 15.6. The van der Waals surface area contributed by atoms with E-state index in [0.29, 0.717) is 26.3 Å². The number of likely N-dealkylation sites (tertiary alicyclic amines) is 1. The number of para-hydroxylation sites is 2. The second-order valence-electron chi connectivity index (χ2n) is 8.99. The average molecular weight is 434 g/mol. The fraction of sp³-hybridized carbons (Fsp3) is 0.440. The molecule has 0 bridgehead atoms. The van der Waals surface area contributed by atoms with Crippen LogP contribution in [0.2, 0.25) is 0 Å². The van der Waals surface area contributed by atoms with E-state index in [0.717, 1.165) is 55.3 Å². The van der Waals surface area contributed by atoms with Gasteiger partial charge in [-0.05, 0) is 24.1 Å². The van der Waals surface area contributed by atoms with E-state index >= 15 is 0 Å². The molecule has 7 nitrogen and oxygen atoms in total. The molecular formula is C25H31N5O2. The van der Waals surface area contributed by atoms with Gasteiger partial charge in [0.1, 0.15) is 0 Å². The lowest BCUT2D eigenvalue weighted by molar-refractivity contribution is 0.0561. The maximum absolute atomic E-state index is 11.4. The van der Waals surface area contributed by atoms with Gasteiger partial charge in [-0.25, -0.2) is 9.97 Å². The van der Waals surface area contributed by atoms with Crippen molar-refractivity contribution in [3.8, 4) is 0 Å². The number of fused-ring (bicyclic) bond motifs is 1. The zero-order valence-electron chi connectivity index (χ0n) is 18.7. The number of morpholine rings is 1. The third kappa shape index (κ3) is 4.55. The quantitative estimate of drug-likeness (QED) is 0.641. The summed E-state index contributed by atoms with van der Waals surface area (Å²) in [5, 5.41) is 11.4. The molecule has 168 valence electrons. The minimum Gasteiger partial charge on any atom is -0.387 e. The summed E-state index contributed by atoms with van der Waals surface area (Å²) in [7, 11) is 2.01. The lowest BCUT2D eigenvalue weighted by Gasteiger charge is -2.34. The van der Waals surface area contributed by atoms with Crippen LogP contribution < -0.4 is 9.80 Å². The Hall–Kier alpha value is -2.74. The normalized spacial score (nSPS) is 21.9. The number of rotatable bonds is 6. The van der Waals surface area contributed by atoms with Crippen molar-refractivity contribution in [2.75, 3.05) is 62.8 Å². The van der Waals surface area contributed by atoms with Crippen molar-refractivity contribution in [2.24, 2.45) is 0 Å². The Morgan fingerprint density at radius 2 is 1.66 bits per heavy atom. The van der Waals surface area contributed by atoms with Gasteiger partial charge in [0.05, 0.1) is 29.8 Å². The number of nitrogens with zero attached hydrogens (tertiary/aromatic N) is 5. The Bertz CT molecular complexity index is 1060. The SMILES string of the molecule is CN(CC1(O)CCN(Cc2ccccc2)C1)c1nc2ccccc2nc1N1CCOCC1. The molecule has 3 aromatic rings. The van der Waals surface area contributed by atoms with E-state index in [-0.39, 0.29) is 0 Å². The number of aliphatic hydroxyl groups is 1. The topological polar surface area (TPSA) is 65.0 Å². The summed E-state index contributed by atoms with van der Waals surface area (Å²) in [6.07, 6.45) is 0.748. The van der Waals surface area contributed by atoms with Crippen LogP contribution in [0.15, 0.2) is 54.6 Å². The smallest absolute Gasteiger partial charge is 0.172 e. The molecule has 3 heterocycles. The van der Waals surface area contributed by atoms with Crippen LogP contribution in [0.1, 0.15) is 12.0 Å². The van der Waals surface area contributed by atoms with Crippen LogP contribution in [0.25, 0.3) is 11.0 Å². The number of likely N-dealkylation sites (N-methyl/N-ethyl adjacent to an activating group) is 1. The largest absolute Gasteiger partial charge is 0.387 e. The first-order valence-corrected chi connectivity index (χ1v) is 11.4. The number of ether oxygens (including phenoxy) is 1. The van der Waals surface area contributed by atoms with E-state index in [1.165, 1.54) is 5.56 Å². The van der Waals surface area contributed by atoms with Crippen molar-refractivity contribution in [1.82, 2.24) is 14.9 Å². The van der Waals surface area contributed by atoms with Crippen LogP contribution in [0.5, 0.6) is 0 Å². The molecule has 0 amide bonds. The van der Waals surface area contributed by atoms with Crippen LogP contribution in [0.4, 0.5) is 11.6 Å². The molecule has 1 atom stereocenters. The van der Waals surface area contributed by atoms with Gasteiger partial charge < -0.3 is 19.6 Å². The number of hydrogen-bond donors (Lipinski definition) is 1. The van der Waals surface area contributed by atoms with Gasteiger partial charge in [0.2, 0.25) is 0 Å². The predicted molar refractivity (Wildman–Crippen MR) is 127 cm³/mol. The van der Waals surface area contributed by atoms with Gasteiger partial charge in [-0.15, -0.1) is 0 Å². The Morgan fingerprint density at radius 3 is 2.41 bits per heavy atom. The number of hydrogen-bond acceptors (Lipinski definition) is 7. The summed E-state index contributed by atoms with van der Waals surface area (Å²) in [6.45, 7) is 5.89. The minimum absolute atomic E-state index is 0.517. The van der Waals surface area contributed by atoms with E-state index in [2.05, 4.69) is 39.0 Å². The van der Waals surface area contributed by atoms with Crippen molar-refractivity contribution < 1.29 is 9.84 Å². The molecule has 2 aliphatic rings. The number of benzene rings is 2. The lowest BCUT2D eigenvalue weighted by atomic mass is 10.0. The van der Waals surface area contributed by atoms with E-state index in [4.69, 9.17) is 14.7 Å². The van der Waals surface area contributed by atoms with Gasteiger partial charge in [0, 0.05) is 46.3 Å². The van der Waals surface area contributed by atoms with Gasteiger partial charge in [-0.1, -0.05) is 42.5 Å². The van der Waals surface area contributed by atoms with Crippen molar-refractivity contribution in [3.05, 3.63) is 60.2 Å². The molecule has 0 saturated carbocycles. The molecule has 2 aromatic carbocycles. The van der Waals surface area contributed by atoms with E-state index in [9.17, 15) is 5.11 Å². The van der Waals surface area contributed by atoms with Crippen LogP contribution in [-0.2, 0) is 11.3 Å². The van der Waals surface area contributed by atoms with E-state index in [1.54, 1.807) is 0 Å². The van der Waals surface area contributed by atoms with Crippen LogP contribution in [0, 0.1) is 0 Å². The van der Waals surface area contributed by atoms with Gasteiger partial charge >= 0.3 is 0 Å². The van der Waals surface area contributed by atoms with Gasteiger partial charge in [-0.3, -0.25) is 4.90 Å². The number of β-amino-alcohol motifs (C(OH)–C–C–N with tert-alkyl or cyclic N) is 1. The molecule has 5 rings (SSSR count). The second kappa shape index (κ2) is 9.02. The van der Waals surface area contributed by atoms with Crippen LogP contribution >= 0.6 is 0 Å². The monoisotopic (exact) mass is 433 g/mol. The zero-order valence-corrected chi connectivity index (χ0v) is 18.7. The maximum atomic E-state index is 11.4. The fourth-order valence-electron chi connectivity index (χ4n) is 4.79. The van der Waals surface area contributed by atoms with E-state index in [1.807, 2.05) is 37.4 Å². The summed E-state index contributed by atoms with van der Waals surface area (Å²) in [6, 6.07) is 18.4. The highest BCUT2D eigenvalue weighted by Crippen LogP contribution is 2.31. The highest BCUT2D eigenvalue weighted by atomic mass is 16.5. The Morgan fingerprint density at radius 1 is 0.969 bits per heavy atom. The summed E-state index contributed by atoms with van der Waals surface area (Å²) < 4.78 is 5.54. The Labute approximate surface area is 189 Å². The van der Waals surface area contributed by atoms with Crippen molar-refractivity contribution in [1.29, 1.82) is 0 Å². The van der Waals surface area contributed by atoms with Gasteiger partial charge in [0.25, 0.3) is 0 Å². The highest BCUT2D eigenvalue weighted by molar-refractivity contribution is 5.81. The highest BCUT2D eigenvalue weighted by Gasteiger charge is 2.38. The molecule has 1 aromatic heterocycles. The van der Waals surface area contributed by atoms with E-state index < -0.39 is 5.60 Å². The maximum Gasteiger partial charge on any atom is 0.172 e. The first-order valence-electron chi connectivity index (χ1n) is 11.4. The predicted octanol–water partition coefficient (Wildman–Crippen LogP) is 2.54. The molecule has 1 N–H and O–H groups in total. The molecular weight excluding hydrogens is 402 g/mol. The minimum atomic E-state index is -0.779. The molecule has 2 aliphatic heterocycles. The van der Waals surface area contributed by atoms with Crippen molar-refractivity contribution in [3.63, 3.8) is 0 Å². The summed E-state index contributed by atoms with van der Waals surface area (Å²) in [5.74, 6) is 1.69. The van der Waals surface area contributed by atoms with Crippen molar-refractivity contribution in [2.45, 2.75) is 18.6 Å². The van der Waals surface area contributed by atoms with Gasteiger partial charge in [0.15, 0.2) is 11.6 Å². The molecule has 0 aliphatic carbocycles. The molecule has 0 spiro atoms. The standard InChI is InChI=1S/C25H31N5O2/c1-28(18-25(31)11-12-29(19-25)17-20-7-3-2-4-8-20)23-24(30-13-15-32-16-14-30)27-22-10-6-5-9-21(22)26-23/h2-10,31H,11-19H2,1H3. The number of aromatic nitrogens is 2. The summed E-state index contributed by atoms with van der Waals surface area (Å²) >= 11 is 0. The fourth-order valence-corrected chi connectivity index (χ4v) is 4.79. The Balaban J connectivity index is 1.36. The molecule has 1 unspecified atom stereocenters. The van der Waals surface area contributed by atoms with Crippen molar-refractivity contribution >= 4 is 22.7 Å². The third-order valence-corrected chi connectivity index (χ3v) is 6.40.